The van der Waals surface area contributed by atoms with Gasteiger partial charge in [0.1, 0.15) is 0 Å². The molecule has 1 atom stereocenters. The van der Waals surface area contributed by atoms with E-state index in [1.165, 1.54) is 25.0 Å². The van der Waals surface area contributed by atoms with Crippen molar-refractivity contribution in [2.75, 3.05) is 6.54 Å². The summed E-state index contributed by atoms with van der Waals surface area (Å²) in [5.41, 5.74) is 0.528. The van der Waals surface area contributed by atoms with E-state index in [0.717, 1.165) is 18.5 Å². The van der Waals surface area contributed by atoms with Crippen molar-refractivity contribution in [3.8, 4) is 0 Å². The fraction of sp³-hybridized carbons (Fsp3) is 0.647. The number of benzene rings is 1. The van der Waals surface area contributed by atoms with E-state index in [9.17, 15) is 13.2 Å². The van der Waals surface area contributed by atoms with Gasteiger partial charge in [0, 0.05) is 6.04 Å². The summed E-state index contributed by atoms with van der Waals surface area (Å²) in [6, 6.07) is 6.24. The maximum Gasteiger partial charge on any atom is 0.416 e. The van der Waals surface area contributed by atoms with Gasteiger partial charge in [-0.2, -0.15) is 13.2 Å². The highest BCUT2D eigenvalue weighted by molar-refractivity contribution is 5.25. The molecule has 1 N–H and O–H groups in total. The molecule has 1 aliphatic carbocycles. The zero-order valence-electron chi connectivity index (χ0n) is 12.9. The number of rotatable bonds is 5. The van der Waals surface area contributed by atoms with Gasteiger partial charge in [0.05, 0.1) is 5.56 Å². The van der Waals surface area contributed by atoms with Crippen molar-refractivity contribution in [2.24, 2.45) is 11.3 Å². The Labute approximate surface area is 124 Å². The highest BCUT2D eigenvalue weighted by atomic mass is 19.4. The predicted octanol–water partition coefficient (Wildman–Crippen LogP) is 4.66. The maximum absolute atomic E-state index is 12.6. The molecule has 1 fully saturated rings. The summed E-state index contributed by atoms with van der Waals surface area (Å²) in [6.07, 6.45) is -0.953. The summed E-state index contributed by atoms with van der Waals surface area (Å²) >= 11 is 0. The highest BCUT2D eigenvalue weighted by Crippen LogP contribution is 2.32. The monoisotopic (exact) mass is 299 g/mol. The maximum atomic E-state index is 12.6. The molecule has 1 aromatic rings. The average Bonchev–Trinajstić information content (AvgIpc) is 3.16. The van der Waals surface area contributed by atoms with Gasteiger partial charge in [-0.05, 0) is 54.8 Å². The van der Waals surface area contributed by atoms with Crippen LogP contribution in [0.1, 0.15) is 44.7 Å². The van der Waals surface area contributed by atoms with Crippen molar-refractivity contribution >= 4 is 0 Å². The molecular weight excluding hydrogens is 275 g/mol. The lowest BCUT2D eigenvalue weighted by atomic mass is 9.77. The summed E-state index contributed by atoms with van der Waals surface area (Å²) < 4.78 is 37.7. The Morgan fingerprint density at radius 2 is 1.67 bits per heavy atom. The molecule has 0 amide bonds. The second-order valence-electron chi connectivity index (χ2n) is 7.14. The summed E-state index contributed by atoms with van der Waals surface area (Å²) in [5, 5.41) is 3.54. The molecule has 4 heteroatoms. The van der Waals surface area contributed by atoms with E-state index in [4.69, 9.17) is 0 Å². The third kappa shape index (κ3) is 5.03. The Balaban J connectivity index is 2.01. The van der Waals surface area contributed by atoms with Gasteiger partial charge in [0.15, 0.2) is 0 Å². The number of nitrogens with one attached hydrogen (secondary N) is 1. The van der Waals surface area contributed by atoms with E-state index in [0.29, 0.717) is 12.0 Å². The first-order valence-electron chi connectivity index (χ1n) is 7.56. The van der Waals surface area contributed by atoms with Gasteiger partial charge < -0.3 is 5.32 Å². The molecule has 0 spiro atoms. The van der Waals surface area contributed by atoms with Gasteiger partial charge in [0.2, 0.25) is 0 Å². The Morgan fingerprint density at radius 1 is 1.10 bits per heavy atom. The molecule has 0 saturated heterocycles. The van der Waals surface area contributed by atoms with Crippen LogP contribution in [0.3, 0.4) is 0 Å². The van der Waals surface area contributed by atoms with Crippen LogP contribution in [0.4, 0.5) is 13.2 Å². The Hall–Kier alpha value is -1.03. The lowest BCUT2D eigenvalue weighted by molar-refractivity contribution is -0.137. The molecule has 1 unspecified atom stereocenters. The Bertz CT molecular complexity index is 452. The molecule has 2 rings (SSSR count). The van der Waals surface area contributed by atoms with Crippen LogP contribution in [-0.4, -0.2) is 12.6 Å². The third-order valence-corrected chi connectivity index (χ3v) is 4.22. The standard InChI is InChI=1S/C17H24F3N/c1-16(2,3)14(11-21-15-8-9-15)10-12-4-6-13(7-5-12)17(18,19)20/h4-7,14-15,21H,8-11H2,1-3H3. The zero-order valence-corrected chi connectivity index (χ0v) is 12.9. The predicted molar refractivity (Wildman–Crippen MR) is 79.1 cm³/mol. The van der Waals surface area contributed by atoms with Crippen molar-refractivity contribution in [3.63, 3.8) is 0 Å². The highest BCUT2D eigenvalue weighted by Gasteiger charge is 2.31. The van der Waals surface area contributed by atoms with Gasteiger partial charge >= 0.3 is 6.18 Å². The van der Waals surface area contributed by atoms with E-state index in [2.05, 4.69) is 26.1 Å². The van der Waals surface area contributed by atoms with E-state index in [1.807, 2.05) is 0 Å². The topological polar surface area (TPSA) is 12.0 Å². The summed E-state index contributed by atoms with van der Waals surface area (Å²) in [4.78, 5) is 0. The molecule has 0 bridgehead atoms. The quantitative estimate of drug-likeness (QED) is 0.833. The lowest BCUT2D eigenvalue weighted by Gasteiger charge is -2.31. The van der Waals surface area contributed by atoms with Crippen molar-refractivity contribution < 1.29 is 13.2 Å². The normalized spacial score (nSPS) is 17.8. The molecule has 1 nitrogen and oxygen atoms in total. The van der Waals surface area contributed by atoms with Gasteiger partial charge in [-0.25, -0.2) is 0 Å². The fourth-order valence-corrected chi connectivity index (χ4v) is 2.40. The van der Waals surface area contributed by atoms with Crippen LogP contribution in [-0.2, 0) is 12.6 Å². The van der Waals surface area contributed by atoms with Crippen LogP contribution in [0, 0.1) is 11.3 Å². The number of hydrogen-bond donors (Lipinski definition) is 1. The van der Waals surface area contributed by atoms with Crippen LogP contribution in [0.25, 0.3) is 0 Å². The Kier molecular flexibility index (Phi) is 4.66. The van der Waals surface area contributed by atoms with Crippen LogP contribution in [0.15, 0.2) is 24.3 Å². The molecule has 0 aromatic heterocycles. The van der Waals surface area contributed by atoms with E-state index in [-0.39, 0.29) is 5.41 Å². The van der Waals surface area contributed by atoms with E-state index >= 15 is 0 Å². The number of hydrogen-bond acceptors (Lipinski definition) is 1. The first kappa shape index (κ1) is 16.3. The second-order valence-corrected chi connectivity index (χ2v) is 7.14. The molecular formula is C17H24F3N. The minimum atomic E-state index is -4.25. The largest absolute Gasteiger partial charge is 0.416 e. The van der Waals surface area contributed by atoms with Crippen LogP contribution >= 0.6 is 0 Å². The number of alkyl halides is 3. The average molecular weight is 299 g/mol. The molecule has 0 aliphatic heterocycles. The summed E-state index contributed by atoms with van der Waals surface area (Å²) in [6.45, 7) is 7.50. The Morgan fingerprint density at radius 3 is 2.10 bits per heavy atom. The first-order valence-corrected chi connectivity index (χ1v) is 7.56. The molecule has 0 radical (unpaired) electrons. The van der Waals surface area contributed by atoms with Crippen molar-refractivity contribution in [3.05, 3.63) is 35.4 Å². The molecule has 21 heavy (non-hydrogen) atoms. The first-order chi connectivity index (χ1) is 9.66. The zero-order chi connectivity index (χ0) is 15.7. The van der Waals surface area contributed by atoms with Crippen LogP contribution < -0.4 is 5.32 Å². The lowest BCUT2D eigenvalue weighted by Crippen LogP contribution is -2.34. The van der Waals surface area contributed by atoms with Crippen LogP contribution in [0.5, 0.6) is 0 Å². The fourth-order valence-electron chi connectivity index (χ4n) is 2.40. The molecule has 1 saturated carbocycles. The van der Waals surface area contributed by atoms with Crippen molar-refractivity contribution in [1.29, 1.82) is 0 Å². The number of halogens is 3. The van der Waals surface area contributed by atoms with E-state index in [1.54, 1.807) is 12.1 Å². The van der Waals surface area contributed by atoms with Gasteiger partial charge in [-0.1, -0.05) is 32.9 Å². The summed E-state index contributed by atoms with van der Waals surface area (Å²) in [5.74, 6) is 0.412. The second kappa shape index (κ2) is 5.99. The molecule has 0 heterocycles. The van der Waals surface area contributed by atoms with E-state index < -0.39 is 11.7 Å². The van der Waals surface area contributed by atoms with Gasteiger partial charge in [-0.3, -0.25) is 0 Å². The van der Waals surface area contributed by atoms with Crippen LogP contribution in [0.2, 0.25) is 0 Å². The van der Waals surface area contributed by atoms with Gasteiger partial charge in [0.25, 0.3) is 0 Å². The molecule has 1 aliphatic rings. The molecule has 118 valence electrons. The molecule has 1 aromatic carbocycles. The smallest absolute Gasteiger partial charge is 0.314 e. The van der Waals surface area contributed by atoms with Crippen molar-refractivity contribution in [1.82, 2.24) is 5.32 Å². The minimum Gasteiger partial charge on any atom is -0.314 e. The van der Waals surface area contributed by atoms with Crippen molar-refractivity contribution in [2.45, 2.75) is 52.3 Å². The minimum absolute atomic E-state index is 0.130. The third-order valence-electron chi connectivity index (χ3n) is 4.22. The SMILES string of the molecule is CC(C)(C)C(CNC1CC1)Cc1ccc(C(F)(F)F)cc1. The summed E-state index contributed by atoms with van der Waals surface area (Å²) in [7, 11) is 0. The van der Waals surface area contributed by atoms with Gasteiger partial charge in [-0.15, -0.1) is 0 Å².